The summed E-state index contributed by atoms with van der Waals surface area (Å²) in [5.41, 5.74) is 4.27. The molecular weight excluding hydrogens is 336 g/mol. The molecule has 1 aromatic heterocycles. The maximum absolute atomic E-state index is 12.6. The molecule has 1 aliphatic heterocycles. The van der Waals surface area contributed by atoms with Crippen molar-refractivity contribution in [2.45, 2.75) is 19.0 Å². The van der Waals surface area contributed by atoms with Crippen LogP contribution in [0.15, 0.2) is 42.5 Å². The van der Waals surface area contributed by atoms with Gasteiger partial charge in [-0.3, -0.25) is 9.59 Å². The van der Waals surface area contributed by atoms with E-state index in [1.165, 1.54) is 11.7 Å². The molecule has 0 saturated carbocycles. The zero-order valence-electron chi connectivity index (χ0n) is 13.6. The molecule has 2 heterocycles. The number of hydrogen-bond acceptors (Lipinski definition) is 5. The van der Waals surface area contributed by atoms with Crippen molar-refractivity contribution in [3.63, 3.8) is 0 Å². The van der Waals surface area contributed by atoms with E-state index in [2.05, 4.69) is 14.1 Å². The predicted octanol–water partition coefficient (Wildman–Crippen LogP) is 2.52. The SMILES string of the molecule is CN(Cc1ccc2nsnc2c1)C(=O)C[C@@H]1NC(=O)c2ccccc21. The lowest BCUT2D eigenvalue weighted by molar-refractivity contribution is -0.130. The highest BCUT2D eigenvalue weighted by atomic mass is 32.1. The third kappa shape index (κ3) is 2.98. The Morgan fingerprint density at radius 3 is 2.88 bits per heavy atom. The number of carbonyl (C=O) groups is 2. The lowest BCUT2D eigenvalue weighted by Gasteiger charge is -2.20. The van der Waals surface area contributed by atoms with E-state index in [1.807, 2.05) is 36.4 Å². The number of amides is 2. The zero-order chi connectivity index (χ0) is 17.4. The summed E-state index contributed by atoms with van der Waals surface area (Å²) in [5.74, 6) is -0.129. The molecule has 7 heteroatoms. The largest absolute Gasteiger partial charge is 0.345 e. The zero-order valence-corrected chi connectivity index (χ0v) is 14.4. The molecule has 0 unspecified atom stereocenters. The van der Waals surface area contributed by atoms with Crippen LogP contribution >= 0.6 is 11.7 Å². The van der Waals surface area contributed by atoms with Crippen LogP contribution < -0.4 is 5.32 Å². The van der Waals surface area contributed by atoms with Crippen LogP contribution in [-0.4, -0.2) is 32.5 Å². The Kier molecular flexibility index (Phi) is 3.93. The average Bonchev–Trinajstić information content (AvgIpc) is 3.20. The number of nitrogens with zero attached hydrogens (tertiary/aromatic N) is 3. The van der Waals surface area contributed by atoms with E-state index >= 15 is 0 Å². The average molecular weight is 352 g/mol. The topological polar surface area (TPSA) is 75.2 Å². The van der Waals surface area contributed by atoms with Gasteiger partial charge in [0.05, 0.1) is 24.2 Å². The fourth-order valence-electron chi connectivity index (χ4n) is 3.10. The van der Waals surface area contributed by atoms with E-state index in [1.54, 1.807) is 18.0 Å². The van der Waals surface area contributed by atoms with Crippen LogP contribution in [0.25, 0.3) is 11.0 Å². The number of benzene rings is 2. The van der Waals surface area contributed by atoms with Crippen molar-refractivity contribution in [2.24, 2.45) is 0 Å². The van der Waals surface area contributed by atoms with Gasteiger partial charge in [0.15, 0.2) is 0 Å². The van der Waals surface area contributed by atoms with Crippen LogP contribution in [0.2, 0.25) is 0 Å². The van der Waals surface area contributed by atoms with E-state index in [0.29, 0.717) is 12.1 Å². The molecule has 1 aliphatic rings. The van der Waals surface area contributed by atoms with Crippen molar-refractivity contribution >= 4 is 34.6 Å². The number of hydrogen-bond donors (Lipinski definition) is 1. The summed E-state index contributed by atoms with van der Waals surface area (Å²) in [7, 11) is 1.77. The predicted molar refractivity (Wildman–Crippen MR) is 95.2 cm³/mol. The number of rotatable bonds is 4. The van der Waals surface area contributed by atoms with Gasteiger partial charge in [-0.15, -0.1) is 0 Å². The van der Waals surface area contributed by atoms with Gasteiger partial charge in [-0.2, -0.15) is 8.75 Å². The summed E-state index contributed by atoms with van der Waals surface area (Å²) in [6, 6.07) is 13.0. The quantitative estimate of drug-likeness (QED) is 0.783. The standard InChI is InChI=1S/C18H16N4O2S/c1-22(10-11-6-7-14-16(8-11)21-25-20-14)17(23)9-15-12-4-2-3-5-13(12)18(24)19-15/h2-8,15H,9-10H2,1H3,(H,19,24)/t15-/m0/s1. The first kappa shape index (κ1) is 15.7. The van der Waals surface area contributed by atoms with Crippen molar-refractivity contribution in [1.82, 2.24) is 19.0 Å². The molecule has 4 rings (SSSR count). The van der Waals surface area contributed by atoms with Crippen LogP contribution in [0.1, 0.15) is 33.9 Å². The van der Waals surface area contributed by atoms with Crippen LogP contribution in [0, 0.1) is 0 Å². The first-order valence-electron chi connectivity index (χ1n) is 7.97. The number of fused-ring (bicyclic) bond motifs is 2. The molecule has 2 aromatic carbocycles. The van der Waals surface area contributed by atoms with Crippen LogP contribution in [0.4, 0.5) is 0 Å². The fourth-order valence-corrected chi connectivity index (χ4v) is 3.62. The van der Waals surface area contributed by atoms with Crippen LogP contribution in [-0.2, 0) is 11.3 Å². The maximum atomic E-state index is 12.6. The molecule has 0 bridgehead atoms. The first-order valence-corrected chi connectivity index (χ1v) is 8.70. The summed E-state index contributed by atoms with van der Waals surface area (Å²) in [6.07, 6.45) is 0.250. The molecule has 0 fully saturated rings. The monoisotopic (exact) mass is 352 g/mol. The fraction of sp³-hybridized carbons (Fsp3) is 0.222. The molecule has 1 N–H and O–H groups in total. The second-order valence-electron chi connectivity index (χ2n) is 6.15. The minimum absolute atomic E-state index is 0.0153. The molecular formula is C18H16N4O2S. The Bertz CT molecular complexity index is 968. The summed E-state index contributed by atoms with van der Waals surface area (Å²) in [4.78, 5) is 26.2. The van der Waals surface area contributed by atoms with E-state index in [0.717, 1.165) is 22.2 Å². The summed E-state index contributed by atoms with van der Waals surface area (Å²) in [6.45, 7) is 0.495. The number of carbonyl (C=O) groups excluding carboxylic acids is 2. The summed E-state index contributed by atoms with van der Waals surface area (Å²) < 4.78 is 8.41. The van der Waals surface area contributed by atoms with Crippen molar-refractivity contribution in [3.8, 4) is 0 Å². The Morgan fingerprint density at radius 1 is 1.20 bits per heavy atom. The smallest absolute Gasteiger partial charge is 0.252 e. The van der Waals surface area contributed by atoms with Gasteiger partial charge in [-0.05, 0) is 29.3 Å². The molecule has 0 aliphatic carbocycles. The van der Waals surface area contributed by atoms with E-state index in [9.17, 15) is 9.59 Å². The molecule has 2 amide bonds. The van der Waals surface area contributed by atoms with Gasteiger partial charge in [0.2, 0.25) is 5.91 Å². The number of aromatic nitrogens is 2. The third-order valence-electron chi connectivity index (χ3n) is 4.43. The van der Waals surface area contributed by atoms with Crippen molar-refractivity contribution in [1.29, 1.82) is 0 Å². The Balaban J connectivity index is 1.45. The van der Waals surface area contributed by atoms with E-state index in [-0.39, 0.29) is 24.3 Å². The van der Waals surface area contributed by atoms with Crippen molar-refractivity contribution in [3.05, 3.63) is 59.2 Å². The minimum atomic E-state index is -0.260. The van der Waals surface area contributed by atoms with Gasteiger partial charge >= 0.3 is 0 Å². The van der Waals surface area contributed by atoms with Gasteiger partial charge in [-0.25, -0.2) is 0 Å². The van der Waals surface area contributed by atoms with E-state index in [4.69, 9.17) is 0 Å². The highest BCUT2D eigenvalue weighted by Crippen LogP contribution is 2.28. The minimum Gasteiger partial charge on any atom is -0.345 e. The summed E-state index contributed by atoms with van der Waals surface area (Å²) >= 11 is 1.18. The Hall–Kier alpha value is -2.80. The molecule has 25 heavy (non-hydrogen) atoms. The molecule has 6 nitrogen and oxygen atoms in total. The number of nitrogens with one attached hydrogen (secondary N) is 1. The Morgan fingerprint density at radius 2 is 2.00 bits per heavy atom. The highest BCUT2D eigenvalue weighted by molar-refractivity contribution is 7.00. The summed E-state index contributed by atoms with van der Waals surface area (Å²) in [5, 5.41) is 2.89. The van der Waals surface area contributed by atoms with Crippen molar-refractivity contribution in [2.75, 3.05) is 7.05 Å². The molecule has 3 aromatic rings. The normalized spacial score (nSPS) is 15.9. The second kappa shape index (κ2) is 6.25. The lowest BCUT2D eigenvalue weighted by atomic mass is 10.0. The van der Waals surface area contributed by atoms with Gasteiger partial charge < -0.3 is 10.2 Å². The molecule has 0 radical (unpaired) electrons. The van der Waals surface area contributed by atoms with Gasteiger partial charge in [0.25, 0.3) is 5.91 Å². The van der Waals surface area contributed by atoms with Gasteiger partial charge in [-0.1, -0.05) is 24.3 Å². The molecule has 0 spiro atoms. The van der Waals surface area contributed by atoms with Crippen molar-refractivity contribution < 1.29 is 9.59 Å². The van der Waals surface area contributed by atoms with Gasteiger partial charge in [0, 0.05) is 19.2 Å². The van der Waals surface area contributed by atoms with Gasteiger partial charge in [0.1, 0.15) is 11.0 Å². The molecule has 126 valence electrons. The van der Waals surface area contributed by atoms with Crippen LogP contribution in [0.3, 0.4) is 0 Å². The first-order chi connectivity index (χ1) is 12.1. The third-order valence-corrected chi connectivity index (χ3v) is 4.99. The second-order valence-corrected chi connectivity index (χ2v) is 6.68. The molecule has 1 atom stereocenters. The molecule has 0 saturated heterocycles. The lowest BCUT2D eigenvalue weighted by Crippen LogP contribution is -2.30. The van der Waals surface area contributed by atoms with E-state index < -0.39 is 0 Å². The van der Waals surface area contributed by atoms with Crippen LogP contribution in [0.5, 0.6) is 0 Å². The maximum Gasteiger partial charge on any atom is 0.252 e. The highest BCUT2D eigenvalue weighted by Gasteiger charge is 2.30. The Labute approximate surface area is 148 Å².